The van der Waals surface area contributed by atoms with Crippen LogP contribution in [0.1, 0.15) is 30.0 Å². The highest BCUT2D eigenvalue weighted by Crippen LogP contribution is 2.26. The number of carbonyl (C=O) groups is 1. The van der Waals surface area contributed by atoms with Crippen molar-refractivity contribution in [2.24, 2.45) is 0 Å². The van der Waals surface area contributed by atoms with Crippen molar-refractivity contribution in [3.8, 4) is 0 Å². The second kappa shape index (κ2) is 7.55. The van der Waals surface area contributed by atoms with Crippen LogP contribution in [0.3, 0.4) is 0 Å². The van der Waals surface area contributed by atoms with Crippen LogP contribution in [0.15, 0.2) is 48.8 Å². The predicted molar refractivity (Wildman–Crippen MR) is 93.6 cm³/mol. The van der Waals surface area contributed by atoms with Gasteiger partial charge in [0.05, 0.1) is 18.0 Å². The van der Waals surface area contributed by atoms with Crippen molar-refractivity contribution in [2.75, 3.05) is 18.4 Å². The number of carbonyl (C=O) groups excluding carboxylic acids is 1. The Hall–Kier alpha value is -2.24. The Morgan fingerprint density at radius 1 is 1.25 bits per heavy atom. The molecule has 24 heavy (non-hydrogen) atoms. The highest BCUT2D eigenvalue weighted by molar-refractivity contribution is 5.95. The van der Waals surface area contributed by atoms with Gasteiger partial charge in [0.15, 0.2) is 0 Å². The predicted octanol–water partition coefficient (Wildman–Crippen LogP) is 2.53. The lowest BCUT2D eigenvalue weighted by Crippen LogP contribution is -2.43. The number of hydrogen-bond acceptors (Lipinski definition) is 4. The summed E-state index contributed by atoms with van der Waals surface area (Å²) >= 11 is 0. The Balaban J connectivity index is 1.82. The van der Waals surface area contributed by atoms with Crippen LogP contribution in [0.5, 0.6) is 0 Å². The number of aliphatic hydroxyl groups excluding tert-OH is 1. The summed E-state index contributed by atoms with van der Waals surface area (Å²) in [6.45, 7) is 3.36. The van der Waals surface area contributed by atoms with Gasteiger partial charge in [0.2, 0.25) is 5.91 Å². The molecule has 2 N–H and O–H groups in total. The Morgan fingerprint density at radius 2 is 1.96 bits per heavy atom. The summed E-state index contributed by atoms with van der Waals surface area (Å²) in [5.41, 5.74) is 2.68. The number of likely N-dealkylation sites (tertiary alicyclic amines) is 1. The lowest BCUT2D eigenvalue weighted by molar-refractivity contribution is -0.122. The van der Waals surface area contributed by atoms with Gasteiger partial charge < -0.3 is 10.4 Å². The molecule has 1 fully saturated rings. The largest absolute Gasteiger partial charge is 0.393 e. The quantitative estimate of drug-likeness (QED) is 0.906. The molecule has 5 nitrogen and oxygen atoms in total. The molecule has 1 aromatic carbocycles. The molecule has 1 aliphatic heterocycles. The third kappa shape index (κ3) is 3.99. The summed E-state index contributed by atoms with van der Waals surface area (Å²) in [5, 5.41) is 12.7. The van der Waals surface area contributed by atoms with Crippen LogP contribution in [-0.2, 0) is 4.79 Å². The van der Waals surface area contributed by atoms with Crippen LogP contribution in [-0.4, -0.2) is 40.1 Å². The monoisotopic (exact) mass is 325 g/mol. The first-order valence-corrected chi connectivity index (χ1v) is 8.33. The van der Waals surface area contributed by atoms with Crippen LogP contribution in [0.2, 0.25) is 0 Å². The van der Waals surface area contributed by atoms with E-state index in [2.05, 4.69) is 15.2 Å². The van der Waals surface area contributed by atoms with E-state index < -0.39 is 0 Å². The molecule has 1 aliphatic rings. The number of benzene rings is 1. The summed E-state index contributed by atoms with van der Waals surface area (Å²) < 4.78 is 0. The summed E-state index contributed by atoms with van der Waals surface area (Å²) in [6, 6.07) is 11.3. The molecule has 0 bridgehead atoms. The first-order chi connectivity index (χ1) is 11.6. The normalized spacial score (nSPS) is 17.4. The molecule has 0 aliphatic carbocycles. The summed E-state index contributed by atoms with van der Waals surface area (Å²) in [6.07, 6.45) is 4.55. The first kappa shape index (κ1) is 16.6. The third-order valence-corrected chi connectivity index (χ3v) is 4.37. The van der Waals surface area contributed by atoms with Gasteiger partial charge in [-0.05, 0) is 37.0 Å². The number of rotatable bonds is 4. The maximum atomic E-state index is 13.0. The summed E-state index contributed by atoms with van der Waals surface area (Å²) in [4.78, 5) is 19.2. The smallest absolute Gasteiger partial charge is 0.246 e. The zero-order valence-corrected chi connectivity index (χ0v) is 13.9. The van der Waals surface area contributed by atoms with Gasteiger partial charge in [0.1, 0.15) is 6.04 Å². The minimum absolute atomic E-state index is 0.0648. The Morgan fingerprint density at radius 3 is 2.62 bits per heavy atom. The molecule has 2 aromatic rings. The van der Waals surface area contributed by atoms with Crippen molar-refractivity contribution in [1.29, 1.82) is 0 Å². The van der Waals surface area contributed by atoms with Gasteiger partial charge in [-0.3, -0.25) is 14.7 Å². The van der Waals surface area contributed by atoms with Crippen LogP contribution in [0.25, 0.3) is 0 Å². The standard InChI is InChI=1S/C19H23N3O2/c1-14-11-16(13-20-12-14)21-19(24)18(15-5-3-2-4-6-15)22-9-7-17(23)8-10-22/h2-6,11-13,17-18,23H,7-10H2,1H3,(H,21,24). The van der Waals surface area contributed by atoms with Crippen molar-refractivity contribution in [1.82, 2.24) is 9.88 Å². The molecule has 3 rings (SSSR count). The number of amides is 1. The van der Waals surface area contributed by atoms with Gasteiger partial charge in [0, 0.05) is 19.3 Å². The SMILES string of the molecule is Cc1cncc(NC(=O)C(c2ccccc2)N2CCC(O)CC2)c1. The molecular weight excluding hydrogens is 302 g/mol. The number of aryl methyl sites for hydroxylation is 1. The molecule has 126 valence electrons. The van der Waals surface area contributed by atoms with Crippen LogP contribution in [0.4, 0.5) is 5.69 Å². The van der Waals surface area contributed by atoms with Gasteiger partial charge in [-0.15, -0.1) is 0 Å². The van der Waals surface area contributed by atoms with Crippen molar-refractivity contribution in [3.63, 3.8) is 0 Å². The van der Waals surface area contributed by atoms with Crippen LogP contribution < -0.4 is 5.32 Å². The van der Waals surface area contributed by atoms with Gasteiger partial charge in [-0.25, -0.2) is 0 Å². The van der Waals surface area contributed by atoms with E-state index in [4.69, 9.17) is 0 Å². The first-order valence-electron chi connectivity index (χ1n) is 8.33. The molecule has 0 saturated carbocycles. The number of nitrogens with zero attached hydrogens (tertiary/aromatic N) is 2. The molecule has 1 saturated heterocycles. The van der Waals surface area contributed by atoms with E-state index in [1.54, 1.807) is 12.4 Å². The molecule has 1 unspecified atom stereocenters. The zero-order chi connectivity index (χ0) is 16.9. The number of anilines is 1. The minimum atomic E-state index is -0.362. The van der Waals surface area contributed by atoms with Crippen molar-refractivity contribution in [3.05, 3.63) is 59.9 Å². The fourth-order valence-electron chi connectivity index (χ4n) is 3.14. The number of nitrogens with one attached hydrogen (secondary N) is 1. The van der Waals surface area contributed by atoms with Gasteiger partial charge in [-0.1, -0.05) is 30.3 Å². The van der Waals surface area contributed by atoms with Gasteiger partial charge >= 0.3 is 0 Å². The van der Waals surface area contributed by atoms with E-state index in [0.29, 0.717) is 31.6 Å². The Kier molecular flexibility index (Phi) is 5.23. The second-order valence-corrected chi connectivity index (χ2v) is 6.32. The molecule has 0 radical (unpaired) electrons. The van der Waals surface area contributed by atoms with E-state index >= 15 is 0 Å². The highest BCUT2D eigenvalue weighted by atomic mass is 16.3. The molecular formula is C19H23N3O2. The van der Waals surface area contributed by atoms with E-state index in [-0.39, 0.29) is 18.1 Å². The molecule has 1 amide bonds. The number of aromatic nitrogens is 1. The molecule has 0 spiro atoms. The minimum Gasteiger partial charge on any atom is -0.393 e. The summed E-state index contributed by atoms with van der Waals surface area (Å²) in [5.74, 6) is -0.0648. The van der Waals surface area contributed by atoms with Crippen LogP contribution >= 0.6 is 0 Å². The summed E-state index contributed by atoms with van der Waals surface area (Å²) in [7, 11) is 0. The lowest BCUT2D eigenvalue weighted by Gasteiger charge is -2.35. The third-order valence-electron chi connectivity index (χ3n) is 4.37. The molecule has 5 heteroatoms. The van der Waals surface area contributed by atoms with E-state index in [9.17, 15) is 9.90 Å². The number of piperidine rings is 1. The topological polar surface area (TPSA) is 65.5 Å². The van der Waals surface area contributed by atoms with Crippen LogP contribution in [0, 0.1) is 6.92 Å². The molecule has 2 heterocycles. The van der Waals surface area contributed by atoms with Crippen molar-refractivity contribution >= 4 is 11.6 Å². The average Bonchev–Trinajstić information content (AvgIpc) is 2.58. The second-order valence-electron chi connectivity index (χ2n) is 6.32. The maximum absolute atomic E-state index is 13.0. The van der Waals surface area contributed by atoms with Gasteiger partial charge in [-0.2, -0.15) is 0 Å². The zero-order valence-electron chi connectivity index (χ0n) is 13.9. The lowest BCUT2D eigenvalue weighted by atomic mass is 9.99. The van der Waals surface area contributed by atoms with E-state index in [0.717, 1.165) is 11.1 Å². The Labute approximate surface area is 142 Å². The van der Waals surface area contributed by atoms with Gasteiger partial charge in [0.25, 0.3) is 0 Å². The Bertz CT molecular complexity index is 682. The van der Waals surface area contributed by atoms with Crippen molar-refractivity contribution < 1.29 is 9.90 Å². The number of aliphatic hydroxyl groups is 1. The number of pyridine rings is 1. The molecule has 1 atom stereocenters. The van der Waals surface area contributed by atoms with E-state index in [1.165, 1.54) is 0 Å². The fourth-order valence-corrected chi connectivity index (χ4v) is 3.14. The molecule has 1 aromatic heterocycles. The highest BCUT2D eigenvalue weighted by Gasteiger charge is 2.30. The van der Waals surface area contributed by atoms with E-state index in [1.807, 2.05) is 43.3 Å². The maximum Gasteiger partial charge on any atom is 0.246 e. The number of hydrogen-bond donors (Lipinski definition) is 2. The fraction of sp³-hybridized carbons (Fsp3) is 0.368. The van der Waals surface area contributed by atoms with Crippen molar-refractivity contribution in [2.45, 2.75) is 31.9 Å². The average molecular weight is 325 g/mol.